The number of nitrogens with zero attached hydrogens (tertiary/aromatic N) is 3. The summed E-state index contributed by atoms with van der Waals surface area (Å²) in [5, 5.41) is 7.26. The van der Waals surface area contributed by atoms with E-state index in [9.17, 15) is 4.79 Å². The molecule has 0 bridgehead atoms. The lowest BCUT2D eigenvalue weighted by Crippen LogP contribution is -2.43. The average Bonchev–Trinajstić information content (AvgIpc) is 3.30. The quantitative estimate of drug-likeness (QED) is 0.343. The monoisotopic (exact) mass is 542 g/mol. The third kappa shape index (κ3) is 7.42. The third-order valence-electron chi connectivity index (χ3n) is 5.92. The average molecular weight is 544 g/mol. The summed E-state index contributed by atoms with van der Waals surface area (Å²) >= 11 is 5.36. The Bertz CT molecular complexity index is 1070. The van der Waals surface area contributed by atoms with Crippen LogP contribution in [-0.2, 0) is 17.1 Å². The van der Waals surface area contributed by atoms with Crippen molar-refractivity contribution in [2.24, 2.45) is 5.92 Å². The van der Waals surface area contributed by atoms with Crippen molar-refractivity contribution in [3.63, 3.8) is 0 Å². The molecule has 4 rings (SSSR count). The predicted octanol–water partition coefficient (Wildman–Crippen LogP) is 5.46. The van der Waals surface area contributed by atoms with Crippen molar-refractivity contribution < 1.29 is 9.32 Å². The first-order valence-electron chi connectivity index (χ1n) is 11.8. The maximum Gasteiger partial charge on any atom is 0.241 e. The van der Waals surface area contributed by atoms with Gasteiger partial charge in [-0.05, 0) is 68.3 Å². The zero-order valence-electron chi connectivity index (χ0n) is 19.5. The molecule has 1 amide bonds. The van der Waals surface area contributed by atoms with Crippen molar-refractivity contribution in [3.8, 4) is 11.4 Å². The zero-order valence-corrected chi connectivity index (χ0v) is 21.9. The van der Waals surface area contributed by atoms with Crippen LogP contribution in [0.4, 0.5) is 0 Å². The van der Waals surface area contributed by atoms with Crippen molar-refractivity contribution >= 4 is 33.6 Å². The number of likely N-dealkylation sites (tertiary alicyclic amines) is 1. The van der Waals surface area contributed by atoms with Crippen LogP contribution in [0.5, 0.6) is 0 Å². The smallest absolute Gasteiger partial charge is 0.241 e. The number of aryl methyl sites for hydroxylation is 1. The number of aromatic nitrogens is 2. The minimum Gasteiger partial charge on any atom is -0.356 e. The van der Waals surface area contributed by atoms with Crippen molar-refractivity contribution in [3.05, 3.63) is 70.0 Å². The molecule has 1 saturated heterocycles. The van der Waals surface area contributed by atoms with Crippen LogP contribution in [-0.4, -0.2) is 46.3 Å². The highest BCUT2D eigenvalue weighted by molar-refractivity contribution is 9.10. The molecule has 2 heterocycles. The van der Waals surface area contributed by atoms with Crippen LogP contribution in [0.3, 0.4) is 0 Å². The largest absolute Gasteiger partial charge is 0.356 e. The number of rotatable bonds is 10. The molecule has 0 radical (unpaired) electrons. The summed E-state index contributed by atoms with van der Waals surface area (Å²) in [7, 11) is 0. The van der Waals surface area contributed by atoms with Crippen LogP contribution in [0, 0.1) is 12.8 Å². The Balaban J connectivity index is 1.16. The molecular weight excluding hydrogens is 512 g/mol. The van der Waals surface area contributed by atoms with Gasteiger partial charge in [0.25, 0.3) is 0 Å². The van der Waals surface area contributed by atoms with E-state index in [4.69, 9.17) is 4.52 Å². The summed E-state index contributed by atoms with van der Waals surface area (Å²) in [6, 6.07) is 16.5. The Kier molecular flexibility index (Phi) is 9.18. The van der Waals surface area contributed by atoms with E-state index >= 15 is 0 Å². The lowest BCUT2D eigenvalue weighted by Gasteiger charge is -2.30. The van der Waals surface area contributed by atoms with Gasteiger partial charge in [0.2, 0.25) is 17.6 Å². The van der Waals surface area contributed by atoms with Crippen LogP contribution >= 0.6 is 27.7 Å². The van der Waals surface area contributed by atoms with E-state index in [1.54, 1.807) is 0 Å². The molecule has 34 heavy (non-hydrogen) atoms. The summed E-state index contributed by atoms with van der Waals surface area (Å²) in [5.74, 6) is 3.42. The Labute approximate surface area is 214 Å². The first-order valence-corrected chi connectivity index (χ1v) is 13.7. The van der Waals surface area contributed by atoms with Gasteiger partial charge in [-0.25, -0.2) is 0 Å². The third-order valence-corrected chi connectivity index (χ3v) is 7.57. The van der Waals surface area contributed by atoms with Gasteiger partial charge in [-0.1, -0.05) is 50.9 Å². The van der Waals surface area contributed by atoms with Gasteiger partial charge in [0.15, 0.2) is 0 Å². The summed E-state index contributed by atoms with van der Waals surface area (Å²) in [6.45, 7) is 5.10. The second-order valence-electron chi connectivity index (χ2n) is 8.78. The number of halogens is 1. The minimum atomic E-state index is 0.0163. The van der Waals surface area contributed by atoms with E-state index in [0.29, 0.717) is 18.3 Å². The molecule has 0 aliphatic carbocycles. The molecule has 1 aromatic heterocycles. The summed E-state index contributed by atoms with van der Waals surface area (Å²) < 4.78 is 6.48. The molecule has 1 aliphatic heterocycles. The fraction of sp³-hybridized carbons (Fsp3) is 0.423. The highest BCUT2D eigenvalue weighted by atomic mass is 79.9. The highest BCUT2D eigenvalue weighted by Crippen LogP contribution is 2.22. The Morgan fingerprint density at radius 2 is 2.12 bits per heavy atom. The number of hydrogen-bond donors (Lipinski definition) is 1. The number of thioether (sulfide) groups is 1. The molecule has 2 aromatic carbocycles. The summed E-state index contributed by atoms with van der Waals surface area (Å²) in [4.78, 5) is 19.5. The molecule has 6 nitrogen and oxygen atoms in total. The van der Waals surface area contributed by atoms with Crippen LogP contribution in [0.1, 0.15) is 36.3 Å². The van der Waals surface area contributed by atoms with Crippen LogP contribution in [0.25, 0.3) is 11.4 Å². The van der Waals surface area contributed by atoms with Crippen LogP contribution in [0.2, 0.25) is 0 Å². The topological polar surface area (TPSA) is 71.3 Å². The number of carbonyl (C=O) groups is 1. The first-order chi connectivity index (χ1) is 16.6. The van der Waals surface area contributed by atoms with E-state index in [2.05, 4.69) is 67.5 Å². The fourth-order valence-corrected chi connectivity index (χ4v) is 5.33. The van der Waals surface area contributed by atoms with E-state index in [0.717, 1.165) is 60.4 Å². The molecule has 1 N–H and O–H groups in total. The molecule has 3 aromatic rings. The second-order valence-corrected chi connectivity index (χ2v) is 10.8. The van der Waals surface area contributed by atoms with Gasteiger partial charge in [0.1, 0.15) is 0 Å². The molecule has 1 atom stereocenters. The van der Waals surface area contributed by atoms with Crippen LogP contribution in [0.15, 0.2) is 57.5 Å². The highest BCUT2D eigenvalue weighted by Gasteiger charge is 2.26. The number of carbonyl (C=O) groups excluding carboxylic acids is 1. The fourth-order valence-electron chi connectivity index (χ4n) is 4.16. The second kappa shape index (κ2) is 12.5. The number of benzene rings is 2. The normalized spacial score (nSPS) is 16.5. The molecular formula is C26H31BrN4O2S. The number of nitrogens with one attached hydrogen (secondary N) is 1. The lowest BCUT2D eigenvalue weighted by atomic mass is 9.97. The maximum atomic E-state index is 12.7. The number of amides is 1. The number of piperidine rings is 1. The van der Waals surface area contributed by atoms with E-state index in [1.165, 1.54) is 11.1 Å². The standard InChI is InChI=1S/C26H31BrN4O2S/c1-19-5-2-6-20(15-19)18-34-14-4-12-28-26(32)22-7-3-13-31(16-22)17-24-29-25(30-33-24)21-8-10-23(27)11-9-21/h2,5-6,8-11,15,22H,3-4,7,12-14,16-18H2,1H3,(H,28,32). The van der Waals surface area contributed by atoms with Crippen molar-refractivity contribution in [2.45, 2.75) is 38.5 Å². The minimum absolute atomic E-state index is 0.0163. The van der Waals surface area contributed by atoms with Crippen molar-refractivity contribution in [1.82, 2.24) is 20.4 Å². The zero-order chi connectivity index (χ0) is 23.8. The Morgan fingerprint density at radius 1 is 1.26 bits per heavy atom. The van der Waals surface area contributed by atoms with E-state index < -0.39 is 0 Å². The molecule has 0 saturated carbocycles. The molecule has 1 fully saturated rings. The molecule has 1 aliphatic rings. The number of hydrogen-bond acceptors (Lipinski definition) is 6. The summed E-state index contributed by atoms with van der Waals surface area (Å²) in [5.41, 5.74) is 3.59. The maximum absolute atomic E-state index is 12.7. The van der Waals surface area contributed by atoms with Gasteiger partial charge in [-0.2, -0.15) is 16.7 Å². The molecule has 0 spiro atoms. The first kappa shape index (κ1) is 24.9. The Morgan fingerprint density at radius 3 is 2.94 bits per heavy atom. The molecule has 180 valence electrons. The van der Waals surface area contributed by atoms with Crippen molar-refractivity contribution in [2.75, 3.05) is 25.4 Å². The SMILES string of the molecule is Cc1cccc(CSCCCNC(=O)C2CCCN(Cc3nc(-c4ccc(Br)cc4)no3)C2)c1. The summed E-state index contributed by atoms with van der Waals surface area (Å²) in [6.07, 6.45) is 2.91. The van der Waals surface area contributed by atoms with Gasteiger partial charge in [0.05, 0.1) is 12.5 Å². The van der Waals surface area contributed by atoms with Crippen molar-refractivity contribution in [1.29, 1.82) is 0 Å². The van der Waals surface area contributed by atoms with Gasteiger partial charge >= 0.3 is 0 Å². The van der Waals surface area contributed by atoms with E-state index in [-0.39, 0.29) is 11.8 Å². The lowest BCUT2D eigenvalue weighted by molar-refractivity contribution is -0.126. The van der Waals surface area contributed by atoms with E-state index in [1.807, 2.05) is 36.0 Å². The molecule has 1 unspecified atom stereocenters. The van der Waals surface area contributed by atoms with Gasteiger partial charge < -0.3 is 9.84 Å². The predicted molar refractivity (Wildman–Crippen MR) is 140 cm³/mol. The van der Waals surface area contributed by atoms with Crippen LogP contribution < -0.4 is 5.32 Å². The molecule has 8 heteroatoms. The van der Waals surface area contributed by atoms with Gasteiger partial charge in [0, 0.05) is 28.9 Å². The van der Waals surface area contributed by atoms with Gasteiger partial charge in [-0.3, -0.25) is 9.69 Å². The van der Waals surface area contributed by atoms with Gasteiger partial charge in [-0.15, -0.1) is 0 Å². The Hall–Kier alpha value is -2.16.